The monoisotopic (exact) mass is 398 g/mol. The minimum Gasteiger partial charge on any atom is -0.378 e. The molecule has 30 heavy (non-hydrogen) atoms. The third-order valence-corrected chi connectivity index (χ3v) is 5.35. The van der Waals surface area contributed by atoms with Gasteiger partial charge in [-0.2, -0.15) is 0 Å². The molecule has 4 aromatic rings. The normalized spacial score (nSPS) is 10.9. The molecule has 5 nitrogen and oxygen atoms in total. The number of hydrogen-bond donors (Lipinski definition) is 1. The largest absolute Gasteiger partial charge is 0.378 e. The van der Waals surface area contributed by atoms with Crippen molar-refractivity contribution in [2.75, 3.05) is 24.3 Å². The molecule has 0 saturated carbocycles. The Balaban J connectivity index is 1.43. The van der Waals surface area contributed by atoms with Crippen molar-refractivity contribution in [2.24, 2.45) is 7.05 Å². The van der Waals surface area contributed by atoms with E-state index >= 15 is 0 Å². The van der Waals surface area contributed by atoms with E-state index in [1.165, 1.54) is 5.56 Å². The molecule has 1 aromatic heterocycles. The number of para-hydroxylation sites is 2. The van der Waals surface area contributed by atoms with Gasteiger partial charge in [0.15, 0.2) is 0 Å². The Hall–Kier alpha value is -3.60. The standard InChI is InChI=1S/C25H26N4O/c1-28(2)21-14-12-19(13-15-21)25(30)26-20-8-6-7-18(17-20)11-16-24-27-22-9-4-5-10-23(22)29(24)3/h4-10,12-15,17H,11,16H2,1-3H3,(H,26,30). The van der Waals surface area contributed by atoms with Crippen LogP contribution in [0.4, 0.5) is 11.4 Å². The lowest BCUT2D eigenvalue weighted by molar-refractivity contribution is 0.102. The topological polar surface area (TPSA) is 50.2 Å². The zero-order chi connectivity index (χ0) is 21.1. The molecule has 4 rings (SSSR count). The van der Waals surface area contributed by atoms with Crippen LogP contribution in [0.15, 0.2) is 72.8 Å². The second-order valence-electron chi connectivity index (χ2n) is 7.67. The van der Waals surface area contributed by atoms with Crippen molar-refractivity contribution in [1.29, 1.82) is 0 Å². The highest BCUT2D eigenvalue weighted by Crippen LogP contribution is 2.18. The number of amides is 1. The van der Waals surface area contributed by atoms with Crippen molar-refractivity contribution < 1.29 is 4.79 Å². The Kier molecular flexibility index (Phi) is 5.53. The molecule has 0 unspecified atom stereocenters. The van der Waals surface area contributed by atoms with Crippen LogP contribution in [0, 0.1) is 0 Å². The van der Waals surface area contributed by atoms with Crippen molar-refractivity contribution >= 4 is 28.3 Å². The summed E-state index contributed by atoms with van der Waals surface area (Å²) in [6, 6.07) is 23.8. The van der Waals surface area contributed by atoms with Crippen molar-refractivity contribution in [3.05, 3.63) is 89.7 Å². The number of nitrogens with one attached hydrogen (secondary N) is 1. The third kappa shape index (κ3) is 4.20. The van der Waals surface area contributed by atoms with Gasteiger partial charge in [-0.1, -0.05) is 24.3 Å². The van der Waals surface area contributed by atoms with Crippen LogP contribution in [0.2, 0.25) is 0 Å². The summed E-state index contributed by atoms with van der Waals surface area (Å²) in [6.45, 7) is 0. The Morgan fingerprint density at radius 3 is 2.47 bits per heavy atom. The van der Waals surface area contributed by atoms with Gasteiger partial charge in [-0.3, -0.25) is 4.79 Å². The van der Waals surface area contributed by atoms with Crippen LogP contribution in [0.5, 0.6) is 0 Å². The quantitative estimate of drug-likeness (QED) is 0.513. The SMILES string of the molecule is CN(C)c1ccc(C(=O)Nc2cccc(CCc3nc4ccccc4n3C)c2)cc1. The van der Waals surface area contributed by atoms with Gasteiger partial charge < -0.3 is 14.8 Å². The molecule has 0 fully saturated rings. The number of nitrogens with zero attached hydrogens (tertiary/aromatic N) is 3. The zero-order valence-corrected chi connectivity index (χ0v) is 17.6. The third-order valence-electron chi connectivity index (χ3n) is 5.35. The van der Waals surface area contributed by atoms with E-state index in [1.54, 1.807) is 0 Å². The number of imidazole rings is 1. The summed E-state index contributed by atoms with van der Waals surface area (Å²) in [4.78, 5) is 19.3. The van der Waals surface area contributed by atoms with E-state index in [1.807, 2.05) is 79.7 Å². The number of hydrogen-bond acceptors (Lipinski definition) is 3. The van der Waals surface area contributed by atoms with Crippen molar-refractivity contribution in [1.82, 2.24) is 9.55 Å². The maximum absolute atomic E-state index is 12.6. The lowest BCUT2D eigenvalue weighted by atomic mass is 10.1. The lowest BCUT2D eigenvalue weighted by Crippen LogP contribution is -2.13. The van der Waals surface area contributed by atoms with Gasteiger partial charge in [0, 0.05) is 44.5 Å². The van der Waals surface area contributed by atoms with Crippen LogP contribution in [0.1, 0.15) is 21.7 Å². The molecule has 152 valence electrons. The summed E-state index contributed by atoms with van der Waals surface area (Å²) in [5.41, 5.74) is 5.85. The van der Waals surface area contributed by atoms with Gasteiger partial charge in [0.05, 0.1) is 11.0 Å². The van der Waals surface area contributed by atoms with E-state index in [9.17, 15) is 4.79 Å². The van der Waals surface area contributed by atoms with Gasteiger partial charge in [-0.25, -0.2) is 4.98 Å². The molecule has 1 heterocycles. The molecular weight excluding hydrogens is 372 g/mol. The molecule has 0 spiro atoms. The second kappa shape index (κ2) is 8.41. The number of anilines is 2. The number of fused-ring (bicyclic) bond motifs is 1. The fraction of sp³-hybridized carbons (Fsp3) is 0.200. The molecule has 0 saturated heterocycles. The maximum Gasteiger partial charge on any atom is 0.255 e. The first-order valence-corrected chi connectivity index (χ1v) is 10.1. The Morgan fingerprint density at radius 1 is 0.967 bits per heavy atom. The van der Waals surface area contributed by atoms with Gasteiger partial charge in [-0.15, -0.1) is 0 Å². The van der Waals surface area contributed by atoms with E-state index in [-0.39, 0.29) is 5.91 Å². The number of rotatable bonds is 6. The molecule has 5 heteroatoms. The molecular formula is C25H26N4O. The van der Waals surface area contributed by atoms with Crippen LogP contribution in [-0.4, -0.2) is 29.6 Å². The molecule has 1 N–H and O–H groups in total. The van der Waals surface area contributed by atoms with Crippen molar-refractivity contribution in [3.8, 4) is 0 Å². The highest BCUT2D eigenvalue weighted by atomic mass is 16.1. The second-order valence-corrected chi connectivity index (χ2v) is 7.67. The van der Waals surface area contributed by atoms with E-state index in [4.69, 9.17) is 4.98 Å². The number of carbonyl (C=O) groups excluding carboxylic acids is 1. The predicted octanol–water partition coefficient (Wildman–Crippen LogP) is 4.68. The Morgan fingerprint density at radius 2 is 1.73 bits per heavy atom. The van der Waals surface area contributed by atoms with Crippen molar-refractivity contribution in [2.45, 2.75) is 12.8 Å². The average molecular weight is 399 g/mol. The molecule has 0 atom stereocenters. The van der Waals surface area contributed by atoms with Crippen molar-refractivity contribution in [3.63, 3.8) is 0 Å². The molecule has 0 radical (unpaired) electrons. The number of benzene rings is 3. The zero-order valence-electron chi connectivity index (χ0n) is 17.6. The summed E-state index contributed by atoms with van der Waals surface area (Å²) >= 11 is 0. The predicted molar refractivity (Wildman–Crippen MR) is 123 cm³/mol. The summed E-state index contributed by atoms with van der Waals surface area (Å²) < 4.78 is 2.15. The van der Waals surface area contributed by atoms with Crippen LogP contribution >= 0.6 is 0 Å². The molecule has 3 aromatic carbocycles. The fourth-order valence-corrected chi connectivity index (χ4v) is 3.59. The summed E-state index contributed by atoms with van der Waals surface area (Å²) in [5.74, 6) is 0.958. The number of carbonyl (C=O) groups is 1. The lowest BCUT2D eigenvalue weighted by Gasteiger charge is -2.13. The molecule has 0 bridgehead atoms. The number of aryl methyl sites for hydroxylation is 3. The smallest absolute Gasteiger partial charge is 0.255 e. The first-order valence-electron chi connectivity index (χ1n) is 10.1. The molecule has 0 aliphatic rings. The fourth-order valence-electron chi connectivity index (χ4n) is 3.59. The first-order chi connectivity index (χ1) is 14.5. The van der Waals surface area contributed by atoms with Gasteiger partial charge >= 0.3 is 0 Å². The van der Waals surface area contributed by atoms with Crippen LogP contribution in [0.25, 0.3) is 11.0 Å². The molecule has 0 aliphatic heterocycles. The minimum absolute atomic E-state index is 0.104. The maximum atomic E-state index is 12.6. The van der Waals surface area contributed by atoms with Gasteiger partial charge in [0.2, 0.25) is 0 Å². The van der Waals surface area contributed by atoms with Crippen LogP contribution < -0.4 is 10.2 Å². The van der Waals surface area contributed by atoms with Gasteiger partial charge in [-0.05, 0) is 60.5 Å². The Bertz CT molecular complexity index is 1180. The average Bonchev–Trinajstić information content (AvgIpc) is 3.08. The van der Waals surface area contributed by atoms with E-state index < -0.39 is 0 Å². The highest BCUT2D eigenvalue weighted by molar-refractivity contribution is 6.04. The molecule has 1 amide bonds. The van der Waals surface area contributed by atoms with Crippen LogP contribution in [-0.2, 0) is 19.9 Å². The summed E-state index contributed by atoms with van der Waals surface area (Å²) in [7, 11) is 6.02. The van der Waals surface area contributed by atoms with E-state index in [2.05, 4.69) is 29.1 Å². The van der Waals surface area contributed by atoms with Gasteiger partial charge in [0.1, 0.15) is 5.82 Å². The van der Waals surface area contributed by atoms with E-state index in [0.717, 1.165) is 41.1 Å². The van der Waals surface area contributed by atoms with Gasteiger partial charge in [0.25, 0.3) is 5.91 Å². The Labute approximate surface area is 177 Å². The van der Waals surface area contributed by atoms with E-state index in [0.29, 0.717) is 5.56 Å². The first kappa shape index (κ1) is 19.7. The summed E-state index contributed by atoms with van der Waals surface area (Å²) in [6.07, 6.45) is 1.70. The highest BCUT2D eigenvalue weighted by Gasteiger charge is 2.09. The number of aromatic nitrogens is 2. The summed E-state index contributed by atoms with van der Waals surface area (Å²) in [5, 5.41) is 3.00. The molecule has 0 aliphatic carbocycles. The minimum atomic E-state index is -0.104. The van der Waals surface area contributed by atoms with Crippen LogP contribution in [0.3, 0.4) is 0 Å².